The first-order chi connectivity index (χ1) is 7.11. The van der Waals surface area contributed by atoms with E-state index in [0.29, 0.717) is 0 Å². The summed E-state index contributed by atoms with van der Waals surface area (Å²) >= 11 is 0. The van der Waals surface area contributed by atoms with Crippen molar-refractivity contribution in [2.24, 2.45) is 5.41 Å². The number of rotatable bonds is 1. The summed E-state index contributed by atoms with van der Waals surface area (Å²) < 4.78 is 5.59. The highest BCUT2D eigenvalue weighted by molar-refractivity contribution is 5.82. The molecule has 2 aliphatic rings. The van der Waals surface area contributed by atoms with Gasteiger partial charge in [0.2, 0.25) is 5.91 Å². The molecule has 2 heterocycles. The maximum Gasteiger partial charge on any atom is 0.231 e. The van der Waals surface area contributed by atoms with Gasteiger partial charge in [-0.2, -0.15) is 0 Å². The number of nitrogens with one attached hydrogen (secondary N) is 1. The Hall–Kier alpha value is -0.610. The number of carbonyl (C=O) groups is 1. The van der Waals surface area contributed by atoms with Crippen LogP contribution in [0, 0.1) is 5.41 Å². The minimum absolute atomic E-state index is 0.0247. The average Bonchev–Trinajstić information content (AvgIpc) is 2.66. The number of carbonyl (C=O) groups excluding carboxylic acids is 1. The molecular weight excluding hydrogens is 192 g/mol. The largest absolute Gasteiger partial charge is 0.358 e. The van der Waals surface area contributed by atoms with Gasteiger partial charge in [-0.1, -0.05) is 0 Å². The number of nitrogens with zero attached hydrogens (tertiary/aromatic N) is 1. The van der Waals surface area contributed by atoms with E-state index in [1.807, 2.05) is 18.7 Å². The molecule has 0 aromatic heterocycles. The molecule has 0 spiro atoms. The highest BCUT2D eigenvalue weighted by Crippen LogP contribution is 2.25. The van der Waals surface area contributed by atoms with Crippen LogP contribution in [0.1, 0.15) is 26.7 Å². The molecule has 4 nitrogen and oxygen atoms in total. The average molecular weight is 212 g/mol. The zero-order valence-corrected chi connectivity index (χ0v) is 9.58. The lowest BCUT2D eigenvalue weighted by Gasteiger charge is -2.32. The Bertz CT molecular complexity index is 247. The Morgan fingerprint density at radius 3 is 3.00 bits per heavy atom. The molecule has 1 unspecified atom stereocenters. The topological polar surface area (TPSA) is 41.6 Å². The van der Waals surface area contributed by atoms with Crippen LogP contribution in [0.5, 0.6) is 0 Å². The molecule has 2 fully saturated rings. The van der Waals surface area contributed by atoms with Crippen LogP contribution < -0.4 is 5.32 Å². The van der Waals surface area contributed by atoms with Gasteiger partial charge in [-0.05, 0) is 26.7 Å². The number of hydrogen-bond acceptors (Lipinski definition) is 3. The van der Waals surface area contributed by atoms with Gasteiger partial charge in [-0.25, -0.2) is 0 Å². The van der Waals surface area contributed by atoms with Gasteiger partial charge >= 0.3 is 0 Å². The fraction of sp³-hybridized carbons (Fsp3) is 0.909. The second-order valence-electron chi connectivity index (χ2n) is 5.03. The van der Waals surface area contributed by atoms with Crippen molar-refractivity contribution in [3.05, 3.63) is 0 Å². The summed E-state index contributed by atoms with van der Waals surface area (Å²) in [4.78, 5) is 14.2. The molecule has 0 aromatic carbocycles. The third kappa shape index (κ3) is 2.16. The van der Waals surface area contributed by atoms with Gasteiger partial charge in [0.15, 0.2) is 0 Å². The second kappa shape index (κ2) is 4.10. The van der Waals surface area contributed by atoms with Crippen LogP contribution in [-0.2, 0) is 9.53 Å². The van der Waals surface area contributed by atoms with Gasteiger partial charge < -0.3 is 15.0 Å². The van der Waals surface area contributed by atoms with Gasteiger partial charge in [-0.15, -0.1) is 0 Å². The van der Waals surface area contributed by atoms with Crippen molar-refractivity contribution < 1.29 is 9.53 Å². The summed E-state index contributed by atoms with van der Waals surface area (Å²) in [5, 5.41) is 3.30. The summed E-state index contributed by atoms with van der Waals surface area (Å²) in [6.07, 6.45) is 2.08. The predicted octanol–water partition coefficient (Wildman–Crippen LogP) is 0.581. The second-order valence-corrected chi connectivity index (χ2v) is 5.03. The van der Waals surface area contributed by atoms with E-state index in [2.05, 4.69) is 5.32 Å². The molecular formula is C11H20N2O2. The third-order valence-electron chi connectivity index (χ3n) is 3.19. The standard InChI is InChI=1S/C11H20N2O2/c1-11(2)8-12-5-6-13(10(11)14)9-4-3-7-15-9/h9,12H,3-8H2,1-2H3. The minimum atomic E-state index is -0.303. The Labute approximate surface area is 91.0 Å². The molecule has 0 saturated carbocycles. The lowest BCUT2D eigenvalue weighted by molar-refractivity contribution is -0.149. The maximum absolute atomic E-state index is 12.3. The van der Waals surface area contributed by atoms with E-state index < -0.39 is 0 Å². The van der Waals surface area contributed by atoms with Crippen molar-refractivity contribution in [2.75, 3.05) is 26.2 Å². The lowest BCUT2D eigenvalue weighted by Crippen LogP contribution is -2.46. The first-order valence-electron chi connectivity index (χ1n) is 5.75. The van der Waals surface area contributed by atoms with Crippen molar-refractivity contribution >= 4 is 5.91 Å². The van der Waals surface area contributed by atoms with E-state index in [0.717, 1.165) is 39.1 Å². The molecule has 2 aliphatic heterocycles. The van der Waals surface area contributed by atoms with Crippen LogP contribution in [0.4, 0.5) is 0 Å². The highest BCUT2D eigenvalue weighted by atomic mass is 16.5. The molecule has 0 radical (unpaired) electrons. The van der Waals surface area contributed by atoms with Crippen LogP contribution in [-0.4, -0.2) is 43.3 Å². The summed E-state index contributed by atoms with van der Waals surface area (Å²) in [5.74, 6) is 0.222. The first-order valence-corrected chi connectivity index (χ1v) is 5.75. The number of hydrogen-bond donors (Lipinski definition) is 1. The number of ether oxygens (including phenoxy) is 1. The predicted molar refractivity (Wildman–Crippen MR) is 57.3 cm³/mol. The van der Waals surface area contributed by atoms with Gasteiger partial charge in [0.25, 0.3) is 0 Å². The molecule has 0 aromatic rings. The first kappa shape index (κ1) is 10.9. The zero-order chi connectivity index (χ0) is 10.9. The normalized spacial score (nSPS) is 31.7. The molecule has 15 heavy (non-hydrogen) atoms. The van der Waals surface area contributed by atoms with Crippen molar-refractivity contribution in [1.29, 1.82) is 0 Å². The van der Waals surface area contributed by atoms with Crippen molar-refractivity contribution in [3.8, 4) is 0 Å². The van der Waals surface area contributed by atoms with E-state index in [-0.39, 0.29) is 17.6 Å². The Kier molecular flexibility index (Phi) is 2.98. The Morgan fingerprint density at radius 2 is 2.33 bits per heavy atom. The quantitative estimate of drug-likeness (QED) is 0.691. The van der Waals surface area contributed by atoms with Crippen LogP contribution in [0.3, 0.4) is 0 Å². The van der Waals surface area contributed by atoms with E-state index in [1.165, 1.54) is 0 Å². The third-order valence-corrected chi connectivity index (χ3v) is 3.19. The van der Waals surface area contributed by atoms with E-state index in [9.17, 15) is 4.79 Å². The zero-order valence-electron chi connectivity index (χ0n) is 9.58. The molecule has 1 N–H and O–H groups in total. The van der Waals surface area contributed by atoms with Crippen molar-refractivity contribution in [2.45, 2.75) is 32.9 Å². The molecule has 0 bridgehead atoms. The monoisotopic (exact) mass is 212 g/mol. The van der Waals surface area contributed by atoms with E-state index in [1.54, 1.807) is 0 Å². The van der Waals surface area contributed by atoms with Gasteiger partial charge in [-0.3, -0.25) is 4.79 Å². The maximum atomic E-state index is 12.3. The number of amides is 1. The molecule has 86 valence electrons. The molecule has 1 amide bonds. The molecule has 4 heteroatoms. The summed E-state index contributed by atoms with van der Waals surface area (Å²) in [6.45, 7) is 7.19. The SMILES string of the molecule is CC1(C)CNCCN(C2CCCO2)C1=O. The van der Waals surface area contributed by atoms with Crippen LogP contribution in [0.25, 0.3) is 0 Å². The van der Waals surface area contributed by atoms with E-state index >= 15 is 0 Å². The van der Waals surface area contributed by atoms with E-state index in [4.69, 9.17) is 4.74 Å². The Balaban J connectivity index is 2.11. The minimum Gasteiger partial charge on any atom is -0.358 e. The summed E-state index contributed by atoms with van der Waals surface area (Å²) in [6, 6.07) is 0. The van der Waals surface area contributed by atoms with Gasteiger partial charge in [0, 0.05) is 26.2 Å². The van der Waals surface area contributed by atoms with Crippen LogP contribution in [0.2, 0.25) is 0 Å². The van der Waals surface area contributed by atoms with Crippen molar-refractivity contribution in [1.82, 2.24) is 10.2 Å². The fourth-order valence-electron chi connectivity index (χ4n) is 2.25. The smallest absolute Gasteiger partial charge is 0.231 e. The highest BCUT2D eigenvalue weighted by Gasteiger charge is 2.38. The van der Waals surface area contributed by atoms with Crippen molar-refractivity contribution in [3.63, 3.8) is 0 Å². The van der Waals surface area contributed by atoms with Crippen LogP contribution >= 0.6 is 0 Å². The van der Waals surface area contributed by atoms with Crippen LogP contribution in [0.15, 0.2) is 0 Å². The summed E-state index contributed by atoms with van der Waals surface area (Å²) in [5.41, 5.74) is -0.303. The van der Waals surface area contributed by atoms with Gasteiger partial charge in [0.1, 0.15) is 6.23 Å². The lowest BCUT2D eigenvalue weighted by atomic mass is 9.92. The molecule has 1 atom stereocenters. The molecule has 2 saturated heterocycles. The van der Waals surface area contributed by atoms with Gasteiger partial charge in [0.05, 0.1) is 5.41 Å². The Morgan fingerprint density at radius 1 is 1.53 bits per heavy atom. The fourth-order valence-corrected chi connectivity index (χ4v) is 2.25. The molecule has 2 rings (SSSR count). The molecule has 0 aliphatic carbocycles. The summed E-state index contributed by atoms with van der Waals surface area (Å²) in [7, 11) is 0.